The van der Waals surface area contributed by atoms with Gasteiger partial charge in [-0.05, 0) is 0 Å². The Morgan fingerprint density at radius 2 is 1.33 bits per heavy atom. The molecule has 106 valence electrons. The van der Waals surface area contributed by atoms with Crippen molar-refractivity contribution in [2.45, 2.75) is 78.6 Å². The van der Waals surface area contributed by atoms with Crippen LogP contribution in [-0.2, 0) is 7.87 Å². The minimum atomic E-state index is -0.0125. The molecule has 0 aromatic rings. The molecule has 0 saturated carbocycles. The van der Waals surface area contributed by atoms with Crippen LogP contribution in [0, 0.1) is 0 Å². The molecule has 3 heteroatoms. The van der Waals surface area contributed by atoms with E-state index in [4.69, 9.17) is 3.07 Å². The predicted octanol–water partition coefficient (Wildman–Crippen LogP) is 3.68. The van der Waals surface area contributed by atoms with Gasteiger partial charge < -0.3 is 0 Å². The van der Waals surface area contributed by atoms with Crippen molar-refractivity contribution in [1.82, 2.24) is 0 Å². The Kier molecular flexibility index (Phi) is 12.1. The summed E-state index contributed by atoms with van der Waals surface area (Å²) in [6.45, 7) is 6.58. The fraction of sp³-hybridized carbons (Fsp3) is 0.800. The molecule has 0 unspecified atom stereocenters. The van der Waals surface area contributed by atoms with Gasteiger partial charge in [-0.25, -0.2) is 0 Å². The molecule has 0 aliphatic carbocycles. The van der Waals surface area contributed by atoms with Crippen LogP contribution in [-0.4, -0.2) is 28.9 Å². The second kappa shape index (κ2) is 12.1. The first-order valence-corrected chi connectivity index (χ1v) is 9.83. The van der Waals surface area contributed by atoms with Crippen LogP contribution in [0.3, 0.4) is 0 Å². The number of carbonyl (C=O) groups excluding carboxylic acids is 1. The average molecular weight is 361 g/mol. The molecule has 0 aromatic heterocycles. The summed E-state index contributed by atoms with van der Waals surface area (Å²) in [5.74, 6) is -0.0125. The Morgan fingerprint density at radius 1 is 0.889 bits per heavy atom. The molecule has 0 spiro atoms. The van der Waals surface area contributed by atoms with Crippen molar-refractivity contribution in [3.05, 3.63) is 11.1 Å². The summed E-state index contributed by atoms with van der Waals surface area (Å²) in [6, 6.07) is 0. The zero-order valence-corrected chi connectivity index (χ0v) is 18.4. The Hall–Kier alpha value is 0.00870. The van der Waals surface area contributed by atoms with Crippen LogP contribution in [0.1, 0.15) is 78.6 Å². The number of unbranched alkanes of at least 4 members (excludes halogenated alkanes) is 3. The van der Waals surface area contributed by atoms with E-state index in [1.807, 2.05) is 0 Å². The van der Waals surface area contributed by atoms with Crippen LogP contribution < -0.4 is 0 Å². The van der Waals surface area contributed by atoms with Crippen molar-refractivity contribution in [3.63, 3.8) is 0 Å². The van der Waals surface area contributed by atoms with E-state index in [1.165, 1.54) is 31.3 Å². The molecular formula is C15H30O2Sn. The van der Waals surface area contributed by atoms with Crippen molar-refractivity contribution in [2.24, 2.45) is 0 Å². The van der Waals surface area contributed by atoms with Crippen LogP contribution in [0.5, 0.6) is 0 Å². The number of hydrogen-bond donors (Lipinski definition) is 0. The van der Waals surface area contributed by atoms with Crippen molar-refractivity contribution >= 4 is 28.9 Å². The van der Waals surface area contributed by atoms with Gasteiger partial charge in [0.15, 0.2) is 0 Å². The molecule has 0 aliphatic heterocycles. The van der Waals surface area contributed by atoms with Gasteiger partial charge in [-0.15, -0.1) is 0 Å². The van der Waals surface area contributed by atoms with Crippen molar-refractivity contribution in [1.29, 1.82) is 0 Å². The fourth-order valence-electron chi connectivity index (χ4n) is 2.11. The monoisotopic (exact) mass is 362 g/mol. The van der Waals surface area contributed by atoms with E-state index < -0.39 is 0 Å². The topological polar surface area (TPSA) is 26.3 Å². The van der Waals surface area contributed by atoms with Crippen LogP contribution in [0.2, 0.25) is 0 Å². The molecule has 18 heavy (non-hydrogen) atoms. The van der Waals surface area contributed by atoms with Crippen molar-refractivity contribution < 1.29 is 7.87 Å². The molecule has 0 bridgehead atoms. The van der Waals surface area contributed by atoms with Gasteiger partial charge >= 0.3 is 126 Å². The predicted molar refractivity (Wildman–Crippen MR) is 81.6 cm³/mol. The Morgan fingerprint density at radius 3 is 1.72 bits per heavy atom. The summed E-state index contributed by atoms with van der Waals surface area (Å²) >= 11 is -0.00547. The van der Waals surface area contributed by atoms with Gasteiger partial charge in [0, 0.05) is 0 Å². The molecule has 0 rings (SSSR count). The van der Waals surface area contributed by atoms with Gasteiger partial charge in [-0.3, -0.25) is 0 Å². The number of carbonyl (C=O) groups is 1. The van der Waals surface area contributed by atoms with Crippen LogP contribution in [0.4, 0.5) is 0 Å². The minimum absolute atomic E-state index is 0.00547. The molecule has 0 saturated heterocycles. The summed E-state index contributed by atoms with van der Waals surface area (Å²) in [5.41, 5.74) is 2.39. The fourth-order valence-corrected chi connectivity index (χ4v) is 2.81. The quantitative estimate of drug-likeness (QED) is 0.438. The zero-order valence-electron chi connectivity index (χ0n) is 12.7. The van der Waals surface area contributed by atoms with E-state index in [0.717, 1.165) is 37.7 Å². The third-order valence-electron chi connectivity index (χ3n) is 3.30. The first-order valence-electron chi connectivity index (χ1n) is 7.50. The molecule has 0 heterocycles. The summed E-state index contributed by atoms with van der Waals surface area (Å²) in [6.07, 6.45) is 10.1. The third kappa shape index (κ3) is 7.44. The number of hydrogen-bond acceptors (Lipinski definition) is 2. The average Bonchev–Trinajstić information content (AvgIpc) is 2.40. The van der Waals surface area contributed by atoms with Gasteiger partial charge in [0.25, 0.3) is 0 Å². The van der Waals surface area contributed by atoms with Gasteiger partial charge in [-0.1, -0.05) is 0 Å². The van der Waals surface area contributed by atoms with E-state index in [2.05, 4.69) is 20.8 Å². The second-order valence-corrected chi connectivity index (χ2v) is 6.05. The third-order valence-corrected chi connectivity index (χ3v) is 4.36. The molecule has 0 fully saturated rings. The van der Waals surface area contributed by atoms with Crippen molar-refractivity contribution in [2.75, 3.05) is 0 Å². The molecular weight excluding hydrogens is 331 g/mol. The Balaban J connectivity index is 4.89. The molecule has 2 nitrogen and oxygen atoms in total. The van der Waals surface area contributed by atoms with Gasteiger partial charge in [0.05, 0.1) is 0 Å². The molecule has 0 N–H and O–H groups in total. The van der Waals surface area contributed by atoms with Gasteiger partial charge in [-0.2, -0.15) is 0 Å². The molecule has 0 aromatic carbocycles. The van der Waals surface area contributed by atoms with Crippen LogP contribution in [0.15, 0.2) is 11.1 Å². The SMILES string of the molecule is CCCCC(CCCC)=C(CCCC)C(=O)[O][SnH3]. The van der Waals surface area contributed by atoms with E-state index in [1.54, 1.807) is 0 Å². The van der Waals surface area contributed by atoms with Gasteiger partial charge in [0.1, 0.15) is 0 Å². The van der Waals surface area contributed by atoms with E-state index in [0.29, 0.717) is 0 Å². The maximum absolute atomic E-state index is 12.0. The standard InChI is InChI=1S/C15H28O2.Sn.3H/c1-4-7-10-13(11-8-5-2)14(15(16)17)12-9-6-3;;;;/h4-12H2,1-3H3,(H,16,17);;;;/q;+1;;;/p-1. The Bertz CT molecular complexity index is 249. The number of allylic oxidation sites excluding steroid dienone is 1. The van der Waals surface area contributed by atoms with Gasteiger partial charge in [0.2, 0.25) is 0 Å². The molecule has 0 radical (unpaired) electrons. The normalized spacial score (nSPS) is 10.4. The maximum atomic E-state index is 12.0. The molecule has 0 amide bonds. The molecule has 0 aliphatic rings. The zero-order chi connectivity index (χ0) is 13.8. The van der Waals surface area contributed by atoms with Crippen molar-refractivity contribution in [3.8, 4) is 0 Å². The summed E-state index contributed by atoms with van der Waals surface area (Å²) in [5, 5.41) is 0. The van der Waals surface area contributed by atoms with E-state index >= 15 is 0 Å². The molecule has 0 atom stereocenters. The summed E-state index contributed by atoms with van der Waals surface area (Å²) in [7, 11) is 0. The van der Waals surface area contributed by atoms with E-state index in [9.17, 15) is 4.79 Å². The van der Waals surface area contributed by atoms with E-state index in [-0.39, 0.29) is 28.9 Å². The number of rotatable bonds is 10. The second-order valence-electron chi connectivity index (χ2n) is 4.88. The van der Waals surface area contributed by atoms with Crippen LogP contribution in [0.25, 0.3) is 0 Å². The first-order chi connectivity index (χ1) is 8.71. The summed E-state index contributed by atoms with van der Waals surface area (Å²) in [4.78, 5) is 12.0. The Labute approximate surface area is 126 Å². The summed E-state index contributed by atoms with van der Waals surface area (Å²) < 4.78 is 5.16. The first kappa shape index (κ1) is 18.0. The van der Waals surface area contributed by atoms with Crippen LogP contribution >= 0.6 is 0 Å².